The molecule has 2 aliphatic carbocycles. The third-order valence-corrected chi connectivity index (χ3v) is 4.97. The zero-order valence-corrected chi connectivity index (χ0v) is 14.7. The van der Waals surface area contributed by atoms with E-state index in [4.69, 9.17) is 0 Å². The van der Waals surface area contributed by atoms with Crippen molar-refractivity contribution in [2.24, 2.45) is 17.8 Å². The van der Waals surface area contributed by atoms with Crippen LogP contribution in [0.3, 0.4) is 0 Å². The van der Waals surface area contributed by atoms with Crippen LogP contribution in [0.1, 0.15) is 60.3 Å². The van der Waals surface area contributed by atoms with Crippen LogP contribution in [-0.2, 0) is 0 Å². The first-order valence-corrected chi connectivity index (χ1v) is 8.59. The Morgan fingerprint density at radius 2 is 2.00 bits per heavy atom. The Balaban J connectivity index is 1.95. The van der Waals surface area contributed by atoms with Crippen molar-refractivity contribution in [3.8, 4) is 0 Å². The van der Waals surface area contributed by atoms with Crippen LogP contribution in [0.2, 0.25) is 0 Å². The van der Waals surface area contributed by atoms with E-state index in [1.165, 1.54) is 31.4 Å². The predicted octanol–water partition coefficient (Wildman–Crippen LogP) is 5.56. The number of rotatable bonds is 5. The molecule has 0 spiro atoms. The lowest BCUT2D eigenvalue weighted by atomic mass is 9.82. The minimum Gasteiger partial charge on any atom is -0.367 e. The van der Waals surface area contributed by atoms with Crippen molar-refractivity contribution in [3.63, 3.8) is 0 Å². The standard InChI is InChI=1S/C20H33N/c1-15-9-10-18(16(2)14-15)8-7-13-21(20(4,5)6)17(3)19-11-12-19/h7-8,14,16,18-19H,3,9-13H2,1-2,4-6H3/b8-7+. The fourth-order valence-electron chi connectivity index (χ4n) is 3.38. The van der Waals surface area contributed by atoms with Crippen LogP contribution in [-0.4, -0.2) is 17.0 Å². The van der Waals surface area contributed by atoms with Crippen molar-refractivity contribution in [3.05, 3.63) is 36.1 Å². The third kappa shape index (κ3) is 4.49. The van der Waals surface area contributed by atoms with E-state index in [2.05, 4.69) is 64.3 Å². The molecule has 1 fully saturated rings. The van der Waals surface area contributed by atoms with E-state index in [0.717, 1.165) is 12.5 Å². The lowest BCUT2D eigenvalue weighted by molar-refractivity contribution is 0.195. The first kappa shape index (κ1) is 16.4. The highest BCUT2D eigenvalue weighted by Gasteiger charge is 2.32. The maximum Gasteiger partial charge on any atom is 0.0362 e. The summed E-state index contributed by atoms with van der Waals surface area (Å²) < 4.78 is 0. The summed E-state index contributed by atoms with van der Waals surface area (Å²) in [7, 11) is 0. The summed E-state index contributed by atoms with van der Waals surface area (Å²) in [5.74, 6) is 2.14. The van der Waals surface area contributed by atoms with Crippen LogP contribution in [0, 0.1) is 17.8 Å². The van der Waals surface area contributed by atoms with Crippen LogP contribution in [0.5, 0.6) is 0 Å². The monoisotopic (exact) mass is 287 g/mol. The van der Waals surface area contributed by atoms with Gasteiger partial charge in [0.25, 0.3) is 0 Å². The molecule has 0 aromatic heterocycles. The smallest absolute Gasteiger partial charge is 0.0362 e. The van der Waals surface area contributed by atoms with Gasteiger partial charge in [0, 0.05) is 17.8 Å². The fraction of sp³-hybridized carbons (Fsp3) is 0.700. The predicted molar refractivity (Wildman–Crippen MR) is 93.1 cm³/mol. The SMILES string of the molecule is C=C(C1CC1)N(C/C=C/C1CCC(C)=CC1C)C(C)(C)C. The van der Waals surface area contributed by atoms with E-state index in [9.17, 15) is 0 Å². The van der Waals surface area contributed by atoms with Gasteiger partial charge in [0.05, 0.1) is 0 Å². The van der Waals surface area contributed by atoms with Crippen molar-refractivity contribution in [1.82, 2.24) is 4.90 Å². The van der Waals surface area contributed by atoms with Gasteiger partial charge >= 0.3 is 0 Å². The highest BCUT2D eigenvalue weighted by molar-refractivity contribution is 5.13. The molecule has 0 radical (unpaired) electrons. The molecule has 21 heavy (non-hydrogen) atoms. The zero-order valence-electron chi connectivity index (χ0n) is 14.7. The van der Waals surface area contributed by atoms with E-state index in [1.807, 2.05) is 0 Å². The lowest BCUT2D eigenvalue weighted by Crippen LogP contribution is -2.41. The molecule has 2 atom stereocenters. The van der Waals surface area contributed by atoms with Crippen LogP contribution in [0.25, 0.3) is 0 Å². The van der Waals surface area contributed by atoms with Gasteiger partial charge < -0.3 is 4.90 Å². The lowest BCUT2D eigenvalue weighted by Gasteiger charge is -2.39. The third-order valence-electron chi connectivity index (χ3n) is 4.97. The summed E-state index contributed by atoms with van der Waals surface area (Å²) in [6.45, 7) is 16.9. The molecule has 2 aliphatic rings. The molecule has 118 valence electrons. The van der Waals surface area contributed by atoms with Gasteiger partial charge in [0.1, 0.15) is 0 Å². The Labute approximate surface area is 131 Å². The Morgan fingerprint density at radius 3 is 2.52 bits per heavy atom. The second kappa shape index (κ2) is 6.42. The minimum absolute atomic E-state index is 0.165. The molecular formula is C20H33N. The van der Waals surface area contributed by atoms with Gasteiger partial charge in [-0.25, -0.2) is 0 Å². The number of hydrogen-bond acceptors (Lipinski definition) is 1. The van der Waals surface area contributed by atoms with Crippen molar-refractivity contribution >= 4 is 0 Å². The van der Waals surface area contributed by atoms with Gasteiger partial charge in [-0.05, 0) is 71.1 Å². The quantitative estimate of drug-likeness (QED) is 0.598. The van der Waals surface area contributed by atoms with Gasteiger partial charge in [0.15, 0.2) is 0 Å². The van der Waals surface area contributed by atoms with E-state index in [0.29, 0.717) is 11.8 Å². The van der Waals surface area contributed by atoms with Crippen LogP contribution < -0.4 is 0 Å². The number of allylic oxidation sites excluding steroid dienone is 4. The van der Waals surface area contributed by atoms with Gasteiger partial charge in [-0.3, -0.25) is 0 Å². The highest BCUT2D eigenvalue weighted by Crippen LogP contribution is 2.39. The van der Waals surface area contributed by atoms with Crippen molar-refractivity contribution in [2.45, 2.75) is 65.8 Å². The molecule has 0 aliphatic heterocycles. The van der Waals surface area contributed by atoms with Crippen LogP contribution in [0.4, 0.5) is 0 Å². The Morgan fingerprint density at radius 1 is 1.33 bits per heavy atom. The molecule has 0 heterocycles. The molecule has 0 bridgehead atoms. The topological polar surface area (TPSA) is 3.24 Å². The molecule has 0 saturated heterocycles. The molecule has 0 amide bonds. The van der Waals surface area contributed by atoms with E-state index in [1.54, 1.807) is 5.57 Å². The van der Waals surface area contributed by atoms with E-state index >= 15 is 0 Å². The first-order valence-electron chi connectivity index (χ1n) is 8.59. The number of hydrogen-bond donors (Lipinski definition) is 0. The van der Waals surface area contributed by atoms with E-state index in [-0.39, 0.29) is 5.54 Å². The first-order chi connectivity index (χ1) is 9.79. The molecule has 1 saturated carbocycles. The van der Waals surface area contributed by atoms with Gasteiger partial charge in [-0.15, -0.1) is 0 Å². The molecular weight excluding hydrogens is 254 g/mol. The maximum atomic E-state index is 4.36. The second-order valence-electron chi connectivity index (χ2n) is 8.05. The molecule has 0 N–H and O–H groups in total. The highest BCUT2D eigenvalue weighted by atomic mass is 15.2. The summed E-state index contributed by atoms with van der Waals surface area (Å²) in [6.07, 6.45) is 12.5. The number of nitrogens with zero attached hydrogens (tertiary/aromatic N) is 1. The normalized spacial score (nSPS) is 26.8. The molecule has 2 unspecified atom stereocenters. The van der Waals surface area contributed by atoms with Gasteiger partial charge in [-0.2, -0.15) is 0 Å². The van der Waals surface area contributed by atoms with E-state index < -0.39 is 0 Å². The zero-order chi connectivity index (χ0) is 15.6. The van der Waals surface area contributed by atoms with Gasteiger partial charge in [0.2, 0.25) is 0 Å². The Bertz CT molecular complexity index is 431. The summed E-state index contributed by atoms with van der Waals surface area (Å²) in [6, 6.07) is 0. The molecule has 0 aromatic carbocycles. The second-order valence-corrected chi connectivity index (χ2v) is 8.05. The largest absolute Gasteiger partial charge is 0.367 e. The summed E-state index contributed by atoms with van der Waals surface area (Å²) >= 11 is 0. The summed E-state index contributed by atoms with van der Waals surface area (Å²) in [5, 5.41) is 0. The summed E-state index contributed by atoms with van der Waals surface area (Å²) in [5.41, 5.74) is 3.07. The molecule has 0 aromatic rings. The van der Waals surface area contributed by atoms with Crippen molar-refractivity contribution < 1.29 is 0 Å². The van der Waals surface area contributed by atoms with Crippen molar-refractivity contribution in [1.29, 1.82) is 0 Å². The van der Waals surface area contributed by atoms with Crippen LogP contribution >= 0.6 is 0 Å². The minimum atomic E-state index is 0.165. The Kier molecular flexibility index (Phi) is 5.01. The molecule has 1 nitrogen and oxygen atoms in total. The van der Waals surface area contributed by atoms with Gasteiger partial charge in [-0.1, -0.05) is 37.3 Å². The summed E-state index contributed by atoms with van der Waals surface area (Å²) in [4.78, 5) is 2.50. The average Bonchev–Trinajstić information content (AvgIpc) is 3.18. The Hall–Kier alpha value is -0.980. The maximum absolute atomic E-state index is 4.36. The van der Waals surface area contributed by atoms with Crippen LogP contribution in [0.15, 0.2) is 36.1 Å². The molecule has 2 rings (SSSR count). The molecule has 1 heteroatoms. The van der Waals surface area contributed by atoms with Crippen molar-refractivity contribution in [2.75, 3.05) is 6.54 Å². The fourth-order valence-corrected chi connectivity index (χ4v) is 3.38. The average molecular weight is 287 g/mol.